The van der Waals surface area contributed by atoms with Crippen LogP contribution in [0.5, 0.6) is 11.5 Å². The number of carbonyl (C=O) groups excluding carboxylic acids is 1. The molecule has 1 N–H and O–H groups in total. The van der Waals surface area contributed by atoms with E-state index in [0.717, 1.165) is 74.7 Å². The quantitative estimate of drug-likeness (QED) is 0.288. The summed E-state index contributed by atoms with van der Waals surface area (Å²) >= 11 is 0. The molecule has 4 atom stereocenters. The molecular formula is C34H51N3O6. The highest BCUT2D eigenvalue weighted by Gasteiger charge is 2.33. The van der Waals surface area contributed by atoms with Crippen LogP contribution in [0.4, 0.5) is 10.5 Å². The maximum atomic E-state index is 12.2. The lowest BCUT2D eigenvalue weighted by Gasteiger charge is -2.38. The number of carbonyl (C=O) groups is 1. The first-order valence-electron chi connectivity index (χ1n) is 15.7. The fourth-order valence-electron chi connectivity index (χ4n) is 5.94. The molecule has 0 aromatic heterocycles. The summed E-state index contributed by atoms with van der Waals surface area (Å²) in [5, 5.41) is 3.74. The molecule has 2 heterocycles. The van der Waals surface area contributed by atoms with Crippen LogP contribution in [-0.4, -0.2) is 90.4 Å². The normalized spacial score (nSPS) is 20.7. The lowest BCUT2D eigenvalue weighted by molar-refractivity contribution is -0.000407. The molecule has 43 heavy (non-hydrogen) atoms. The molecule has 2 aromatic rings. The second kappa shape index (κ2) is 16.2. The molecule has 9 nitrogen and oxygen atoms in total. The van der Waals surface area contributed by atoms with Crippen LogP contribution in [0, 0.1) is 5.92 Å². The summed E-state index contributed by atoms with van der Waals surface area (Å²) in [6, 6.07) is 15.1. The third kappa shape index (κ3) is 9.24. The molecular weight excluding hydrogens is 546 g/mol. The van der Waals surface area contributed by atoms with Crippen molar-refractivity contribution < 1.29 is 28.5 Å². The Morgan fingerprint density at radius 2 is 1.93 bits per heavy atom. The van der Waals surface area contributed by atoms with Gasteiger partial charge in [-0.15, -0.1) is 0 Å². The summed E-state index contributed by atoms with van der Waals surface area (Å²) in [5.74, 6) is 2.26. The fourth-order valence-corrected chi connectivity index (χ4v) is 5.94. The maximum absolute atomic E-state index is 12.2. The molecule has 0 spiro atoms. The van der Waals surface area contributed by atoms with Crippen molar-refractivity contribution in [3.05, 3.63) is 53.6 Å². The molecule has 0 bridgehead atoms. The Labute approximate surface area is 257 Å². The topological polar surface area (TPSA) is 81.7 Å². The largest absolute Gasteiger partial charge is 0.497 e. The Bertz CT molecular complexity index is 1140. The van der Waals surface area contributed by atoms with Crippen molar-refractivity contribution in [3.63, 3.8) is 0 Å². The Balaban J connectivity index is 1.43. The van der Waals surface area contributed by atoms with E-state index in [1.54, 1.807) is 28.3 Å². The van der Waals surface area contributed by atoms with Crippen molar-refractivity contribution in [2.45, 2.75) is 70.3 Å². The van der Waals surface area contributed by atoms with Gasteiger partial charge in [-0.25, -0.2) is 4.79 Å². The van der Waals surface area contributed by atoms with Crippen LogP contribution in [0.1, 0.15) is 56.6 Å². The molecule has 0 aliphatic carbocycles. The molecule has 9 heteroatoms. The summed E-state index contributed by atoms with van der Waals surface area (Å²) in [5.41, 5.74) is 3.52. The zero-order chi connectivity index (χ0) is 30.8. The Morgan fingerprint density at radius 3 is 2.63 bits per heavy atom. The molecule has 0 saturated carbocycles. The Kier molecular flexibility index (Phi) is 12.4. The maximum Gasteiger partial charge on any atom is 0.409 e. The lowest BCUT2D eigenvalue weighted by Crippen LogP contribution is -2.47. The average Bonchev–Trinajstić information content (AvgIpc) is 3.02. The number of amides is 1. The second-order valence-electron chi connectivity index (χ2n) is 12.2. The van der Waals surface area contributed by atoms with Crippen molar-refractivity contribution in [3.8, 4) is 11.5 Å². The molecule has 4 rings (SSSR count). The summed E-state index contributed by atoms with van der Waals surface area (Å²) in [6.07, 6.45) is 3.27. The summed E-state index contributed by atoms with van der Waals surface area (Å²) in [6.45, 7) is 8.76. The SMILES string of the molecule is COCCCN1CCOc2ccc(CO[C@H]3CNC(CC[C@H](OC(=O)N(C)C)C(C)C)C[C@@H]3c3ccc(OC)cc3)cc21. The van der Waals surface area contributed by atoms with Gasteiger partial charge < -0.3 is 38.8 Å². The van der Waals surface area contributed by atoms with Gasteiger partial charge in [-0.3, -0.25) is 0 Å². The van der Waals surface area contributed by atoms with Crippen molar-refractivity contribution in [2.24, 2.45) is 5.92 Å². The minimum atomic E-state index is -0.285. The van der Waals surface area contributed by atoms with E-state index in [9.17, 15) is 4.79 Å². The lowest BCUT2D eigenvalue weighted by atomic mass is 9.82. The van der Waals surface area contributed by atoms with E-state index in [0.29, 0.717) is 19.3 Å². The van der Waals surface area contributed by atoms with Crippen LogP contribution in [0.2, 0.25) is 0 Å². The van der Waals surface area contributed by atoms with Crippen molar-refractivity contribution in [1.82, 2.24) is 10.2 Å². The minimum absolute atomic E-state index is 0.0159. The van der Waals surface area contributed by atoms with Crippen LogP contribution >= 0.6 is 0 Å². The fraction of sp³-hybridized carbons (Fsp3) is 0.618. The average molecular weight is 598 g/mol. The second-order valence-corrected chi connectivity index (χ2v) is 12.2. The number of piperidine rings is 1. The van der Waals surface area contributed by atoms with Crippen LogP contribution in [0.3, 0.4) is 0 Å². The van der Waals surface area contributed by atoms with Crippen LogP contribution in [-0.2, 0) is 20.8 Å². The van der Waals surface area contributed by atoms with E-state index in [4.69, 9.17) is 23.7 Å². The standard InChI is InChI=1S/C34H51N3O6/c1-24(2)31(43-34(38)36(3)4)15-11-27-21-29(26-9-12-28(40-6)13-10-26)33(22-35-27)42-23-25-8-14-32-30(20-25)37(17-19-41-32)16-7-18-39-5/h8-10,12-14,20,24,27,29,31,33,35H,7,11,15-19,21-23H2,1-6H3/t27?,29-,31+,33+/m1/s1. The van der Waals surface area contributed by atoms with Gasteiger partial charge in [0.25, 0.3) is 0 Å². The van der Waals surface area contributed by atoms with E-state index >= 15 is 0 Å². The zero-order valence-corrected chi connectivity index (χ0v) is 26.8. The van der Waals surface area contributed by atoms with Crippen LogP contribution in [0.25, 0.3) is 0 Å². The number of benzene rings is 2. The minimum Gasteiger partial charge on any atom is -0.497 e. The molecule has 238 valence electrons. The molecule has 1 fully saturated rings. The van der Waals surface area contributed by atoms with Gasteiger partial charge in [-0.2, -0.15) is 0 Å². The van der Waals surface area contributed by atoms with Gasteiger partial charge in [0, 0.05) is 52.9 Å². The third-order valence-corrected chi connectivity index (χ3v) is 8.52. The summed E-state index contributed by atoms with van der Waals surface area (Å²) in [4.78, 5) is 16.1. The van der Waals surface area contributed by atoms with Crippen molar-refractivity contribution in [2.75, 3.05) is 66.1 Å². The highest BCUT2D eigenvalue weighted by Crippen LogP contribution is 2.35. The number of ether oxygens (including phenoxy) is 5. The van der Waals surface area contributed by atoms with E-state index in [1.807, 2.05) is 12.1 Å². The van der Waals surface area contributed by atoms with Gasteiger partial charge in [0.1, 0.15) is 24.2 Å². The predicted molar refractivity (Wildman–Crippen MR) is 169 cm³/mol. The highest BCUT2D eigenvalue weighted by molar-refractivity contribution is 5.67. The van der Waals surface area contributed by atoms with Crippen LogP contribution in [0.15, 0.2) is 42.5 Å². The third-order valence-electron chi connectivity index (χ3n) is 8.52. The van der Waals surface area contributed by atoms with Gasteiger partial charge in [-0.05, 0) is 67.0 Å². The predicted octanol–water partition coefficient (Wildman–Crippen LogP) is 5.46. The molecule has 2 aliphatic heterocycles. The number of methoxy groups -OCH3 is 2. The Hall–Kier alpha value is -3.01. The van der Waals surface area contributed by atoms with E-state index in [-0.39, 0.29) is 30.1 Å². The van der Waals surface area contributed by atoms with Gasteiger partial charge in [0.05, 0.1) is 32.1 Å². The first-order chi connectivity index (χ1) is 20.8. The smallest absolute Gasteiger partial charge is 0.409 e. The highest BCUT2D eigenvalue weighted by atomic mass is 16.6. The summed E-state index contributed by atoms with van der Waals surface area (Å²) < 4.78 is 29.1. The first kappa shape index (κ1) is 32.9. The van der Waals surface area contributed by atoms with Gasteiger partial charge in [0.15, 0.2) is 0 Å². The zero-order valence-electron chi connectivity index (χ0n) is 26.8. The Morgan fingerprint density at radius 1 is 1.14 bits per heavy atom. The van der Waals surface area contributed by atoms with Gasteiger partial charge in [0.2, 0.25) is 0 Å². The number of anilines is 1. The number of hydrogen-bond donors (Lipinski definition) is 1. The molecule has 2 aliphatic rings. The molecule has 1 saturated heterocycles. The molecule has 2 aromatic carbocycles. The monoisotopic (exact) mass is 597 g/mol. The summed E-state index contributed by atoms with van der Waals surface area (Å²) in [7, 11) is 6.88. The van der Waals surface area contributed by atoms with E-state index in [2.05, 4.69) is 54.4 Å². The van der Waals surface area contributed by atoms with Gasteiger partial charge in [-0.1, -0.05) is 32.0 Å². The number of fused-ring (bicyclic) bond motifs is 1. The number of hydrogen-bond acceptors (Lipinski definition) is 8. The van der Waals surface area contributed by atoms with Gasteiger partial charge >= 0.3 is 6.09 Å². The molecule has 1 unspecified atom stereocenters. The van der Waals surface area contributed by atoms with Crippen molar-refractivity contribution in [1.29, 1.82) is 0 Å². The molecule has 1 amide bonds. The number of nitrogens with one attached hydrogen (secondary N) is 1. The number of rotatable bonds is 14. The van der Waals surface area contributed by atoms with Crippen molar-refractivity contribution >= 4 is 11.8 Å². The first-order valence-corrected chi connectivity index (χ1v) is 15.7. The van der Waals surface area contributed by atoms with E-state index in [1.165, 1.54) is 10.5 Å². The number of nitrogens with zero attached hydrogens (tertiary/aromatic N) is 2. The van der Waals surface area contributed by atoms with E-state index < -0.39 is 0 Å². The van der Waals surface area contributed by atoms with Crippen LogP contribution < -0.4 is 19.7 Å². The molecule has 0 radical (unpaired) electrons.